The molecule has 1 aliphatic rings. The van der Waals surface area contributed by atoms with E-state index in [-0.39, 0.29) is 12.3 Å². The lowest BCUT2D eigenvalue weighted by molar-refractivity contribution is -0.139. The van der Waals surface area contributed by atoms with Gasteiger partial charge in [-0.25, -0.2) is 0 Å². The van der Waals surface area contributed by atoms with E-state index in [1.54, 1.807) is 6.55 Å². The Bertz CT molecular complexity index is 259. The van der Waals surface area contributed by atoms with E-state index in [1.165, 1.54) is 13.8 Å². The highest BCUT2D eigenvalue weighted by atomic mass is 28.4. The molecular weight excluding hydrogens is 232 g/mol. The van der Waals surface area contributed by atoms with Crippen LogP contribution in [0, 0.1) is 0 Å². The van der Waals surface area contributed by atoms with Gasteiger partial charge in [0.05, 0.1) is 13.2 Å². The van der Waals surface area contributed by atoms with Crippen molar-refractivity contribution < 1.29 is 27.9 Å². The first-order chi connectivity index (χ1) is 7.41. The summed E-state index contributed by atoms with van der Waals surface area (Å²) in [5.74, 6) is -0.941. The summed E-state index contributed by atoms with van der Waals surface area (Å²) in [7, 11) is -2.89. The number of carbonyl (C=O) groups is 2. The second-order valence-corrected chi connectivity index (χ2v) is 6.76. The summed E-state index contributed by atoms with van der Waals surface area (Å²) >= 11 is 0. The Hall–Kier alpha value is -0.923. The van der Waals surface area contributed by atoms with Gasteiger partial charge in [-0.3, -0.25) is 9.59 Å². The fourth-order valence-electron chi connectivity index (χ4n) is 1.23. The van der Waals surface area contributed by atoms with Gasteiger partial charge in [-0.1, -0.05) is 0 Å². The highest BCUT2D eigenvalue weighted by Gasteiger charge is 2.39. The molecule has 7 heteroatoms. The summed E-state index contributed by atoms with van der Waals surface area (Å²) in [6.07, 6.45) is 0.263. The van der Waals surface area contributed by atoms with Crippen LogP contribution in [0.5, 0.6) is 0 Å². The van der Waals surface area contributed by atoms with Crippen molar-refractivity contribution in [2.45, 2.75) is 26.5 Å². The van der Waals surface area contributed by atoms with E-state index in [0.29, 0.717) is 13.2 Å². The smallest absolute Gasteiger partial charge is 0.484 e. The van der Waals surface area contributed by atoms with Crippen LogP contribution in [0.1, 0.15) is 13.8 Å². The number of carbonyl (C=O) groups excluding carboxylic acids is 2. The molecule has 16 heavy (non-hydrogen) atoms. The Morgan fingerprint density at radius 3 is 2.19 bits per heavy atom. The molecule has 0 aromatic carbocycles. The minimum absolute atomic E-state index is 0.131. The second kappa shape index (κ2) is 5.42. The molecule has 92 valence electrons. The Kier molecular flexibility index (Phi) is 4.45. The first-order valence-electron chi connectivity index (χ1n) is 5.00. The molecule has 1 fully saturated rings. The lowest BCUT2D eigenvalue weighted by atomic mass is 10.5. The third-order valence-electron chi connectivity index (χ3n) is 1.79. The molecule has 0 aromatic heterocycles. The van der Waals surface area contributed by atoms with E-state index in [2.05, 4.69) is 0 Å². The van der Waals surface area contributed by atoms with Crippen LogP contribution in [0.3, 0.4) is 0 Å². The third kappa shape index (κ3) is 5.24. The van der Waals surface area contributed by atoms with Crippen molar-refractivity contribution in [3.8, 4) is 0 Å². The van der Waals surface area contributed by atoms with Crippen LogP contribution in [0.25, 0.3) is 0 Å². The average Bonchev–Trinajstić information content (AvgIpc) is 2.83. The van der Waals surface area contributed by atoms with Crippen LogP contribution < -0.4 is 0 Å². The second-order valence-electron chi connectivity index (χ2n) is 3.79. The molecule has 0 saturated carbocycles. The van der Waals surface area contributed by atoms with Crippen molar-refractivity contribution in [2.24, 2.45) is 0 Å². The molecule has 1 aliphatic heterocycles. The summed E-state index contributed by atoms with van der Waals surface area (Å²) in [6, 6.07) is 0. The van der Waals surface area contributed by atoms with Gasteiger partial charge in [-0.15, -0.1) is 0 Å². The fraction of sp³-hybridized carbons (Fsp3) is 0.778. The summed E-state index contributed by atoms with van der Waals surface area (Å²) in [5, 5.41) is 0. The molecule has 1 unspecified atom stereocenters. The topological polar surface area (TPSA) is 74.4 Å². The predicted octanol–water partition coefficient (Wildman–Crippen LogP) is 0.139. The molecule has 1 heterocycles. The van der Waals surface area contributed by atoms with Gasteiger partial charge in [0.15, 0.2) is 0 Å². The number of ether oxygens (including phenoxy) is 2. The predicted molar refractivity (Wildman–Crippen MR) is 55.7 cm³/mol. The van der Waals surface area contributed by atoms with Gasteiger partial charge in [0, 0.05) is 20.4 Å². The van der Waals surface area contributed by atoms with Gasteiger partial charge in [0.25, 0.3) is 11.9 Å². The van der Waals surface area contributed by atoms with Crippen molar-refractivity contribution >= 4 is 20.5 Å². The molecule has 0 aromatic rings. The van der Waals surface area contributed by atoms with E-state index < -0.39 is 20.5 Å². The lowest BCUT2D eigenvalue weighted by Gasteiger charge is -2.24. The molecule has 1 atom stereocenters. The number of epoxide rings is 1. The Labute approximate surface area is 95.1 Å². The van der Waals surface area contributed by atoms with Gasteiger partial charge in [0.2, 0.25) is 0 Å². The number of hydrogen-bond donors (Lipinski definition) is 0. The van der Waals surface area contributed by atoms with Crippen LogP contribution in [-0.4, -0.2) is 46.0 Å². The zero-order valence-corrected chi connectivity index (χ0v) is 10.6. The maximum atomic E-state index is 10.9. The standard InChI is InChI=1S/C9H16O6Si/c1-7(10)14-16(3,15-8(2)11)6-12-4-9-5-13-9/h9H,4-6H2,1-3H3. The van der Waals surface area contributed by atoms with Gasteiger partial charge < -0.3 is 18.3 Å². The van der Waals surface area contributed by atoms with Gasteiger partial charge >= 0.3 is 8.56 Å². The number of rotatable bonds is 6. The van der Waals surface area contributed by atoms with Crippen molar-refractivity contribution in [2.75, 3.05) is 19.4 Å². The van der Waals surface area contributed by atoms with E-state index in [0.717, 1.165) is 0 Å². The van der Waals surface area contributed by atoms with E-state index >= 15 is 0 Å². The van der Waals surface area contributed by atoms with E-state index in [1.807, 2.05) is 0 Å². The largest absolute Gasteiger partial charge is 0.487 e. The third-order valence-corrected chi connectivity index (χ3v) is 3.96. The van der Waals surface area contributed by atoms with Crippen molar-refractivity contribution in [3.63, 3.8) is 0 Å². The van der Waals surface area contributed by atoms with Gasteiger partial charge in [-0.2, -0.15) is 0 Å². The van der Waals surface area contributed by atoms with E-state index in [9.17, 15) is 9.59 Å². The maximum absolute atomic E-state index is 10.9. The molecule has 0 aliphatic carbocycles. The van der Waals surface area contributed by atoms with Crippen LogP contribution in [0.15, 0.2) is 0 Å². The Morgan fingerprint density at radius 2 is 1.81 bits per heavy atom. The highest BCUT2D eigenvalue weighted by molar-refractivity contribution is 6.69. The van der Waals surface area contributed by atoms with Crippen LogP contribution in [-0.2, 0) is 27.9 Å². The lowest BCUT2D eigenvalue weighted by Crippen LogP contribution is -2.47. The normalized spacial score (nSPS) is 19.1. The first-order valence-corrected chi connectivity index (χ1v) is 7.52. The molecule has 0 amide bonds. The monoisotopic (exact) mass is 248 g/mol. The Balaban J connectivity index is 2.39. The minimum Gasteiger partial charge on any atom is -0.484 e. The molecule has 6 nitrogen and oxygen atoms in total. The molecular formula is C9H16O6Si. The summed E-state index contributed by atoms with van der Waals surface area (Å²) < 4.78 is 20.4. The number of hydrogen-bond acceptors (Lipinski definition) is 6. The van der Waals surface area contributed by atoms with Crippen molar-refractivity contribution in [1.29, 1.82) is 0 Å². The molecule has 0 N–H and O–H groups in total. The zero-order chi connectivity index (χ0) is 12.2. The maximum Gasteiger partial charge on any atom is 0.487 e. The summed E-state index contributed by atoms with van der Waals surface area (Å²) in [4.78, 5) is 21.8. The molecule has 1 rings (SSSR count). The zero-order valence-electron chi connectivity index (χ0n) is 9.65. The van der Waals surface area contributed by atoms with Crippen molar-refractivity contribution in [1.82, 2.24) is 0 Å². The van der Waals surface area contributed by atoms with Crippen molar-refractivity contribution in [3.05, 3.63) is 0 Å². The SMILES string of the molecule is CC(=O)O[Si](C)(COCC1CO1)OC(C)=O. The van der Waals surface area contributed by atoms with Gasteiger partial charge in [-0.05, 0) is 0 Å². The summed E-state index contributed by atoms with van der Waals surface area (Å²) in [6.45, 7) is 5.30. The van der Waals surface area contributed by atoms with Crippen LogP contribution in [0.4, 0.5) is 0 Å². The summed E-state index contributed by atoms with van der Waals surface area (Å²) in [5.41, 5.74) is 0. The average molecular weight is 248 g/mol. The fourth-order valence-corrected chi connectivity index (χ4v) is 3.09. The Morgan fingerprint density at radius 1 is 1.31 bits per heavy atom. The molecule has 0 radical (unpaired) electrons. The minimum atomic E-state index is -2.89. The first kappa shape index (κ1) is 13.1. The highest BCUT2D eigenvalue weighted by Crippen LogP contribution is 2.12. The molecule has 0 spiro atoms. The van der Waals surface area contributed by atoms with Crippen LogP contribution in [0.2, 0.25) is 6.55 Å². The molecule has 1 saturated heterocycles. The quantitative estimate of drug-likeness (QED) is 0.491. The molecule has 0 bridgehead atoms. The van der Waals surface area contributed by atoms with Gasteiger partial charge in [0.1, 0.15) is 12.3 Å². The van der Waals surface area contributed by atoms with Crippen LogP contribution >= 0.6 is 0 Å². The van der Waals surface area contributed by atoms with E-state index in [4.69, 9.17) is 18.3 Å².